The predicted molar refractivity (Wildman–Crippen MR) is 87.4 cm³/mol. The highest BCUT2D eigenvalue weighted by Crippen LogP contribution is 2.29. The van der Waals surface area contributed by atoms with Crippen LogP contribution in [0.25, 0.3) is 0 Å². The van der Waals surface area contributed by atoms with Crippen LogP contribution in [0.5, 0.6) is 5.75 Å². The molecule has 0 bridgehead atoms. The van der Waals surface area contributed by atoms with E-state index in [1.165, 1.54) is 0 Å². The molecule has 0 heterocycles. The average molecular weight is 309 g/mol. The molecule has 1 amide bonds. The van der Waals surface area contributed by atoms with Gasteiger partial charge in [-0.2, -0.15) is 0 Å². The first-order valence-corrected chi connectivity index (χ1v) is 7.34. The van der Waals surface area contributed by atoms with Gasteiger partial charge in [0.15, 0.2) is 0 Å². The second kappa shape index (κ2) is 7.01. The second-order valence-corrected chi connectivity index (χ2v) is 7.15. The molecule has 1 rings (SSSR count). The molecule has 1 aromatic rings. The van der Waals surface area contributed by atoms with E-state index in [0.29, 0.717) is 17.9 Å². The molecule has 124 valence electrons. The lowest BCUT2D eigenvalue weighted by Gasteiger charge is -2.24. The van der Waals surface area contributed by atoms with Gasteiger partial charge in [0.05, 0.1) is 7.11 Å². The van der Waals surface area contributed by atoms with Crippen molar-refractivity contribution in [3.05, 3.63) is 23.8 Å². The van der Waals surface area contributed by atoms with Gasteiger partial charge in [0.2, 0.25) is 0 Å². The lowest BCUT2D eigenvalue weighted by atomic mass is 9.86. The molecule has 0 unspecified atom stereocenters. The molecule has 0 atom stereocenters. The highest BCUT2D eigenvalue weighted by Gasteiger charge is 2.22. The third kappa shape index (κ3) is 5.93. The summed E-state index contributed by atoms with van der Waals surface area (Å²) in [7, 11) is 1.59. The number of anilines is 1. The Morgan fingerprint density at radius 3 is 2.36 bits per heavy atom. The largest absolute Gasteiger partial charge is 0.497 e. The van der Waals surface area contributed by atoms with Crippen LogP contribution in [0.3, 0.4) is 0 Å². The zero-order valence-corrected chi connectivity index (χ0v) is 14.3. The molecule has 0 radical (unpaired) electrons. The zero-order valence-electron chi connectivity index (χ0n) is 14.3. The topological polar surface area (TPSA) is 67.8 Å². The number of carbonyl (C=O) groups excluding carboxylic acids is 1. The fraction of sp³-hybridized carbons (Fsp3) is 0.588. The van der Waals surface area contributed by atoms with Crippen molar-refractivity contribution in [1.82, 2.24) is 0 Å². The molecule has 2 N–H and O–H groups in total. The predicted octanol–water partition coefficient (Wildman–Crippen LogP) is 3.60. The molecule has 0 aliphatic rings. The van der Waals surface area contributed by atoms with Crippen LogP contribution >= 0.6 is 0 Å². The molecule has 0 fully saturated rings. The highest BCUT2D eigenvalue weighted by molar-refractivity contribution is 5.86. The van der Waals surface area contributed by atoms with E-state index in [2.05, 4.69) is 5.32 Å². The summed E-state index contributed by atoms with van der Waals surface area (Å²) >= 11 is 0. The summed E-state index contributed by atoms with van der Waals surface area (Å²) < 4.78 is 10.5. The van der Waals surface area contributed by atoms with E-state index in [1.807, 2.05) is 40.7 Å². The average Bonchev–Trinajstić information content (AvgIpc) is 2.38. The SMILES string of the molecule is COc1ccc(NC(=O)OC(C)(C)C)c(CC(C)(C)CO)c1. The summed E-state index contributed by atoms with van der Waals surface area (Å²) in [4.78, 5) is 12.0. The van der Waals surface area contributed by atoms with Crippen LogP contribution in [0.1, 0.15) is 40.2 Å². The molecule has 0 spiro atoms. The molecule has 0 saturated heterocycles. The van der Waals surface area contributed by atoms with E-state index in [9.17, 15) is 9.90 Å². The third-order valence-electron chi connectivity index (χ3n) is 3.05. The lowest BCUT2D eigenvalue weighted by Crippen LogP contribution is -2.28. The number of nitrogens with one attached hydrogen (secondary N) is 1. The van der Waals surface area contributed by atoms with Gasteiger partial charge in [0.25, 0.3) is 0 Å². The van der Waals surface area contributed by atoms with Gasteiger partial charge in [-0.05, 0) is 56.4 Å². The fourth-order valence-electron chi connectivity index (χ4n) is 1.95. The summed E-state index contributed by atoms with van der Waals surface area (Å²) in [6, 6.07) is 5.43. The Morgan fingerprint density at radius 1 is 1.23 bits per heavy atom. The smallest absolute Gasteiger partial charge is 0.412 e. The Bertz CT molecular complexity index is 518. The maximum absolute atomic E-state index is 12.0. The minimum absolute atomic E-state index is 0.0517. The van der Waals surface area contributed by atoms with Gasteiger partial charge < -0.3 is 14.6 Å². The number of aliphatic hydroxyl groups excluding tert-OH is 1. The van der Waals surface area contributed by atoms with E-state index >= 15 is 0 Å². The Kier molecular flexibility index (Phi) is 5.83. The summed E-state index contributed by atoms with van der Waals surface area (Å²) in [5.74, 6) is 0.707. The Morgan fingerprint density at radius 2 is 1.86 bits per heavy atom. The van der Waals surface area contributed by atoms with Crippen molar-refractivity contribution >= 4 is 11.8 Å². The summed E-state index contributed by atoms with van der Waals surface area (Å²) in [6.07, 6.45) is 0.104. The van der Waals surface area contributed by atoms with Gasteiger partial charge >= 0.3 is 6.09 Å². The van der Waals surface area contributed by atoms with Crippen LogP contribution in [0.2, 0.25) is 0 Å². The molecule has 0 aromatic heterocycles. The zero-order chi connectivity index (χ0) is 17.0. The lowest BCUT2D eigenvalue weighted by molar-refractivity contribution is 0.0635. The molecule has 0 aliphatic carbocycles. The summed E-state index contributed by atoms with van der Waals surface area (Å²) in [5.41, 5.74) is 0.707. The monoisotopic (exact) mass is 309 g/mol. The molecule has 1 aromatic carbocycles. The van der Waals surface area contributed by atoms with E-state index in [1.54, 1.807) is 19.2 Å². The van der Waals surface area contributed by atoms with E-state index in [0.717, 1.165) is 5.56 Å². The van der Waals surface area contributed by atoms with E-state index < -0.39 is 11.7 Å². The Balaban J connectivity index is 3.00. The molecule has 0 saturated carbocycles. The molecule has 5 nitrogen and oxygen atoms in total. The van der Waals surface area contributed by atoms with Crippen molar-refractivity contribution in [2.75, 3.05) is 19.0 Å². The van der Waals surface area contributed by atoms with Crippen LogP contribution in [0, 0.1) is 5.41 Å². The first kappa shape index (κ1) is 18.3. The minimum atomic E-state index is -0.554. The second-order valence-electron chi connectivity index (χ2n) is 7.15. The van der Waals surface area contributed by atoms with Gasteiger partial charge in [0, 0.05) is 12.3 Å². The number of hydrogen-bond donors (Lipinski definition) is 2. The fourth-order valence-corrected chi connectivity index (χ4v) is 1.95. The van der Waals surface area contributed by atoms with Gasteiger partial charge in [-0.3, -0.25) is 5.32 Å². The van der Waals surface area contributed by atoms with Gasteiger partial charge in [-0.1, -0.05) is 13.8 Å². The summed E-state index contributed by atoms with van der Waals surface area (Å²) in [5, 5.41) is 12.2. The van der Waals surface area contributed by atoms with Crippen molar-refractivity contribution in [3.8, 4) is 5.75 Å². The number of methoxy groups -OCH3 is 1. The van der Waals surface area contributed by atoms with Crippen LogP contribution < -0.4 is 10.1 Å². The molecular formula is C17H27NO4. The Hall–Kier alpha value is -1.75. The van der Waals surface area contributed by atoms with E-state index in [4.69, 9.17) is 9.47 Å². The number of hydrogen-bond acceptors (Lipinski definition) is 4. The van der Waals surface area contributed by atoms with Crippen LogP contribution in [0.15, 0.2) is 18.2 Å². The van der Waals surface area contributed by atoms with Gasteiger partial charge in [-0.25, -0.2) is 4.79 Å². The first-order valence-electron chi connectivity index (χ1n) is 7.34. The maximum atomic E-state index is 12.0. The van der Waals surface area contributed by atoms with Crippen molar-refractivity contribution in [2.24, 2.45) is 5.41 Å². The van der Waals surface area contributed by atoms with Gasteiger partial charge in [0.1, 0.15) is 11.4 Å². The molecule has 5 heteroatoms. The standard InChI is InChI=1S/C17H27NO4/c1-16(2,3)22-15(20)18-14-8-7-13(21-6)9-12(14)10-17(4,5)11-19/h7-9,19H,10-11H2,1-6H3,(H,18,20). The number of carbonyl (C=O) groups is 1. The molecule has 0 aliphatic heterocycles. The quantitative estimate of drug-likeness (QED) is 0.872. The number of benzene rings is 1. The van der Waals surface area contributed by atoms with Crippen molar-refractivity contribution in [1.29, 1.82) is 0 Å². The molecular weight excluding hydrogens is 282 g/mol. The van der Waals surface area contributed by atoms with Crippen LogP contribution in [-0.2, 0) is 11.2 Å². The van der Waals surface area contributed by atoms with E-state index in [-0.39, 0.29) is 12.0 Å². The molecule has 22 heavy (non-hydrogen) atoms. The normalized spacial score (nSPS) is 12.0. The number of aliphatic hydroxyl groups is 1. The van der Waals surface area contributed by atoms with Crippen molar-refractivity contribution in [3.63, 3.8) is 0 Å². The minimum Gasteiger partial charge on any atom is -0.497 e. The highest BCUT2D eigenvalue weighted by atomic mass is 16.6. The Labute approximate surface area is 132 Å². The first-order chi connectivity index (χ1) is 10.1. The van der Waals surface area contributed by atoms with Crippen LogP contribution in [-0.4, -0.2) is 30.5 Å². The number of ether oxygens (including phenoxy) is 2. The van der Waals surface area contributed by atoms with Crippen LogP contribution in [0.4, 0.5) is 10.5 Å². The number of rotatable bonds is 5. The van der Waals surface area contributed by atoms with Crippen molar-refractivity contribution in [2.45, 2.75) is 46.6 Å². The van der Waals surface area contributed by atoms with Crippen molar-refractivity contribution < 1.29 is 19.4 Å². The summed E-state index contributed by atoms with van der Waals surface area (Å²) in [6.45, 7) is 9.42. The third-order valence-corrected chi connectivity index (χ3v) is 3.05. The number of amides is 1. The maximum Gasteiger partial charge on any atom is 0.412 e. The van der Waals surface area contributed by atoms with Gasteiger partial charge in [-0.15, -0.1) is 0 Å².